The lowest BCUT2D eigenvalue weighted by Crippen LogP contribution is -2.31. The monoisotopic (exact) mass is 376 g/mol. The number of para-hydroxylation sites is 2. The van der Waals surface area contributed by atoms with E-state index in [0.29, 0.717) is 0 Å². The summed E-state index contributed by atoms with van der Waals surface area (Å²) in [5, 5.41) is 18.8. The van der Waals surface area contributed by atoms with Gasteiger partial charge in [-0.3, -0.25) is 4.57 Å². The topological polar surface area (TPSA) is 63.4 Å². The van der Waals surface area contributed by atoms with Crippen LogP contribution in [0.2, 0.25) is 0 Å². The zero-order valence-electron chi connectivity index (χ0n) is 15.4. The summed E-state index contributed by atoms with van der Waals surface area (Å²) < 4.78 is 7.73. The molecule has 7 heteroatoms. The van der Waals surface area contributed by atoms with Crippen molar-refractivity contribution in [3.63, 3.8) is 0 Å². The third kappa shape index (κ3) is 4.51. The number of aliphatic hydroxyl groups is 1. The van der Waals surface area contributed by atoms with Crippen molar-refractivity contribution in [2.45, 2.75) is 43.7 Å². The van der Waals surface area contributed by atoms with Crippen molar-refractivity contribution in [1.29, 1.82) is 0 Å². The van der Waals surface area contributed by atoms with Gasteiger partial charge in [-0.15, -0.1) is 10.2 Å². The van der Waals surface area contributed by atoms with Crippen molar-refractivity contribution >= 4 is 17.7 Å². The summed E-state index contributed by atoms with van der Waals surface area (Å²) >= 11 is 1.72. The molecule has 0 atom stereocenters. The minimum absolute atomic E-state index is 0.265. The Labute approximate surface area is 159 Å². The Bertz CT molecular complexity index is 686. The smallest absolute Gasteiger partial charge is 0.232 e. The van der Waals surface area contributed by atoms with Gasteiger partial charge in [-0.25, -0.2) is 0 Å². The number of rotatable bonds is 9. The Kier molecular flexibility index (Phi) is 7.20. The van der Waals surface area contributed by atoms with Crippen molar-refractivity contribution in [2.24, 2.45) is 0 Å². The number of hydrogen-bond acceptors (Lipinski definition) is 6. The molecule has 1 aromatic heterocycles. The van der Waals surface area contributed by atoms with E-state index in [4.69, 9.17) is 9.84 Å². The molecule has 1 fully saturated rings. The van der Waals surface area contributed by atoms with E-state index in [0.717, 1.165) is 60.6 Å². The van der Waals surface area contributed by atoms with E-state index < -0.39 is 0 Å². The largest absolute Gasteiger partial charge is 0.495 e. The predicted octanol–water partition coefficient (Wildman–Crippen LogP) is 3.52. The third-order valence-electron chi connectivity index (χ3n) is 4.61. The van der Waals surface area contributed by atoms with Gasteiger partial charge in [0.2, 0.25) is 5.95 Å². The number of benzene rings is 1. The number of nitrogens with zero attached hydrogens (tertiary/aromatic N) is 4. The van der Waals surface area contributed by atoms with E-state index in [1.165, 1.54) is 19.3 Å². The van der Waals surface area contributed by atoms with Crippen LogP contribution in [-0.4, -0.2) is 52.4 Å². The first-order valence-electron chi connectivity index (χ1n) is 9.42. The van der Waals surface area contributed by atoms with Crippen LogP contribution in [0, 0.1) is 0 Å². The minimum Gasteiger partial charge on any atom is -0.495 e. The lowest BCUT2D eigenvalue weighted by Gasteiger charge is -2.28. The van der Waals surface area contributed by atoms with E-state index in [1.807, 2.05) is 18.2 Å². The summed E-state index contributed by atoms with van der Waals surface area (Å²) in [4.78, 5) is 2.33. The molecule has 0 bridgehead atoms. The molecule has 142 valence electrons. The zero-order valence-corrected chi connectivity index (χ0v) is 16.2. The second-order valence-corrected chi connectivity index (χ2v) is 7.53. The number of aliphatic hydroxyl groups excluding tert-OH is 1. The highest BCUT2D eigenvalue weighted by Crippen LogP contribution is 2.33. The number of hydrogen-bond donors (Lipinski definition) is 1. The van der Waals surface area contributed by atoms with Gasteiger partial charge < -0.3 is 14.7 Å². The van der Waals surface area contributed by atoms with Gasteiger partial charge in [-0.2, -0.15) is 0 Å². The molecular formula is C19H28N4O2S. The molecule has 0 unspecified atom stereocenters. The summed E-state index contributed by atoms with van der Waals surface area (Å²) in [5.74, 6) is 2.70. The molecule has 1 aromatic carbocycles. The molecule has 2 aromatic rings. The average Bonchev–Trinajstić information content (AvgIpc) is 3.12. The summed E-state index contributed by atoms with van der Waals surface area (Å²) in [5.41, 5.74) is 0.985. The van der Waals surface area contributed by atoms with Gasteiger partial charge in [0.25, 0.3) is 0 Å². The maximum atomic E-state index is 8.93. The zero-order chi connectivity index (χ0) is 18.2. The Morgan fingerprint density at radius 3 is 2.65 bits per heavy atom. The Morgan fingerprint density at radius 1 is 1.08 bits per heavy atom. The van der Waals surface area contributed by atoms with Crippen LogP contribution in [0.4, 0.5) is 5.95 Å². The fraction of sp³-hybridized carbons (Fsp3) is 0.579. The number of piperidine rings is 1. The fourth-order valence-electron chi connectivity index (χ4n) is 3.23. The fourth-order valence-corrected chi connectivity index (χ4v) is 4.17. The molecule has 6 nitrogen and oxygen atoms in total. The highest BCUT2D eigenvalue weighted by molar-refractivity contribution is 7.99. The van der Waals surface area contributed by atoms with Crippen molar-refractivity contribution < 1.29 is 9.84 Å². The van der Waals surface area contributed by atoms with Crippen molar-refractivity contribution in [3.8, 4) is 11.4 Å². The van der Waals surface area contributed by atoms with Crippen LogP contribution in [0.15, 0.2) is 29.4 Å². The maximum absolute atomic E-state index is 8.93. The Balaban J connectivity index is 1.87. The van der Waals surface area contributed by atoms with Gasteiger partial charge in [-0.1, -0.05) is 30.3 Å². The standard InChI is InChI=1S/C19H28N4O2S/c1-25-17-11-5-4-10-16(17)23-18(22-12-6-2-7-13-22)20-21-19(23)26-15-9-3-8-14-24/h4-5,10-11,24H,2-3,6-9,12-15H2,1H3. The number of anilines is 1. The molecule has 0 radical (unpaired) electrons. The van der Waals surface area contributed by atoms with Crippen LogP contribution >= 0.6 is 11.8 Å². The number of methoxy groups -OCH3 is 1. The molecule has 1 aliphatic rings. The van der Waals surface area contributed by atoms with Crippen LogP contribution in [0.5, 0.6) is 5.75 Å². The van der Waals surface area contributed by atoms with E-state index >= 15 is 0 Å². The van der Waals surface area contributed by atoms with Crippen molar-refractivity contribution in [1.82, 2.24) is 14.8 Å². The number of thioether (sulfide) groups is 1. The summed E-state index contributed by atoms with van der Waals surface area (Å²) in [6.07, 6.45) is 6.63. The van der Waals surface area contributed by atoms with Crippen molar-refractivity contribution in [2.75, 3.05) is 37.5 Å². The normalized spacial score (nSPS) is 14.6. The molecular weight excluding hydrogens is 348 g/mol. The summed E-state index contributed by atoms with van der Waals surface area (Å²) in [7, 11) is 1.70. The maximum Gasteiger partial charge on any atom is 0.232 e. The SMILES string of the molecule is COc1ccccc1-n1c(SCCCCCO)nnc1N1CCCCC1. The van der Waals surface area contributed by atoms with E-state index in [9.17, 15) is 0 Å². The van der Waals surface area contributed by atoms with Crippen molar-refractivity contribution in [3.05, 3.63) is 24.3 Å². The summed E-state index contributed by atoms with van der Waals surface area (Å²) in [6, 6.07) is 8.04. The Morgan fingerprint density at radius 2 is 1.88 bits per heavy atom. The number of aromatic nitrogens is 3. The van der Waals surface area contributed by atoms with Crippen LogP contribution in [0.1, 0.15) is 38.5 Å². The van der Waals surface area contributed by atoms with E-state index in [-0.39, 0.29) is 6.61 Å². The first-order valence-corrected chi connectivity index (χ1v) is 10.4. The number of unbranched alkanes of at least 4 members (excludes halogenated alkanes) is 2. The minimum atomic E-state index is 0.265. The van der Waals surface area contributed by atoms with Gasteiger partial charge >= 0.3 is 0 Å². The molecule has 0 saturated carbocycles. The third-order valence-corrected chi connectivity index (χ3v) is 5.63. The predicted molar refractivity (Wildman–Crippen MR) is 106 cm³/mol. The molecule has 0 amide bonds. The molecule has 0 aliphatic carbocycles. The van der Waals surface area contributed by atoms with Gasteiger partial charge in [0.15, 0.2) is 5.16 Å². The second kappa shape index (κ2) is 9.83. The molecule has 3 rings (SSSR count). The lowest BCUT2D eigenvalue weighted by molar-refractivity contribution is 0.284. The lowest BCUT2D eigenvalue weighted by atomic mass is 10.1. The first kappa shape index (κ1) is 19.0. The molecule has 1 aliphatic heterocycles. The van der Waals surface area contributed by atoms with Crippen LogP contribution in [0.3, 0.4) is 0 Å². The van der Waals surface area contributed by atoms with Gasteiger partial charge in [-0.05, 0) is 44.2 Å². The molecule has 26 heavy (non-hydrogen) atoms. The molecule has 1 N–H and O–H groups in total. The average molecular weight is 377 g/mol. The number of ether oxygens (including phenoxy) is 1. The van der Waals surface area contributed by atoms with Crippen LogP contribution in [0.25, 0.3) is 5.69 Å². The highest BCUT2D eigenvalue weighted by atomic mass is 32.2. The van der Waals surface area contributed by atoms with E-state index in [1.54, 1.807) is 18.9 Å². The second-order valence-electron chi connectivity index (χ2n) is 6.47. The van der Waals surface area contributed by atoms with Crippen LogP contribution in [-0.2, 0) is 0 Å². The summed E-state index contributed by atoms with van der Waals surface area (Å²) in [6.45, 7) is 2.31. The first-order chi connectivity index (χ1) is 12.8. The van der Waals surface area contributed by atoms with Gasteiger partial charge in [0.05, 0.1) is 12.8 Å². The van der Waals surface area contributed by atoms with Crippen LogP contribution < -0.4 is 9.64 Å². The Hall–Kier alpha value is -1.73. The van der Waals surface area contributed by atoms with E-state index in [2.05, 4.69) is 25.7 Å². The molecule has 1 saturated heterocycles. The quantitative estimate of drug-likeness (QED) is 0.534. The van der Waals surface area contributed by atoms with Gasteiger partial charge in [0, 0.05) is 25.4 Å². The molecule has 2 heterocycles. The molecule has 0 spiro atoms. The highest BCUT2D eigenvalue weighted by Gasteiger charge is 2.23. The van der Waals surface area contributed by atoms with Gasteiger partial charge in [0.1, 0.15) is 5.75 Å².